The quantitative estimate of drug-likeness (QED) is 0.884. The van der Waals surface area contributed by atoms with Crippen LogP contribution in [-0.2, 0) is 11.2 Å². The molecule has 3 rings (SSSR count). The normalized spacial score (nSPS) is 16.4. The molecular weight excluding hydrogens is 292 g/mol. The Labute approximate surface area is 134 Å². The van der Waals surface area contributed by atoms with Crippen LogP contribution in [0.25, 0.3) is 0 Å². The van der Waals surface area contributed by atoms with Crippen molar-refractivity contribution < 1.29 is 14.6 Å². The van der Waals surface area contributed by atoms with Gasteiger partial charge >= 0.3 is 0 Å². The number of benzene rings is 2. The molecule has 5 nitrogen and oxygen atoms in total. The molecule has 23 heavy (non-hydrogen) atoms. The van der Waals surface area contributed by atoms with Crippen LogP contribution in [0.2, 0.25) is 0 Å². The van der Waals surface area contributed by atoms with Crippen LogP contribution in [0.4, 0.5) is 5.69 Å². The number of phenolic OH excluding ortho intramolecular Hbond substituents is 1. The summed E-state index contributed by atoms with van der Waals surface area (Å²) < 4.78 is 5.81. The second-order valence-electron chi connectivity index (χ2n) is 5.53. The van der Waals surface area contributed by atoms with Crippen molar-refractivity contribution in [3.05, 3.63) is 53.6 Å². The number of amides is 1. The maximum Gasteiger partial charge on any atom is 0.269 e. The number of hydrogen-bond donors (Lipinski definition) is 1. The Morgan fingerprint density at radius 3 is 2.87 bits per heavy atom. The molecule has 1 aliphatic heterocycles. The van der Waals surface area contributed by atoms with E-state index in [0.29, 0.717) is 17.9 Å². The minimum atomic E-state index is -0.679. The van der Waals surface area contributed by atoms with Crippen molar-refractivity contribution in [3.63, 3.8) is 0 Å². The number of hydrogen-bond acceptors (Lipinski definition) is 4. The predicted molar refractivity (Wildman–Crippen MR) is 85.4 cm³/mol. The molecule has 0 saturated heterocycles. The van der Waals surface area contributed by atoms with Gasteiger partial charge in [0.1, 0.15) is 18.0 Å². The fourth-order valence-electron chi connectivity index (χ4n) is 2.73. The highest BCUT2D eigenvalue weighted by atomic mass is 16.5. The number of anilines is 1. The maximum absolute atomic E-state index is 12.6. The second kappa shape index (κ2) is 6.01. The lowest BCUT2D eigenvalue weighted by atomic mass is 10.0. The molecule has 0 bridgehead atoms. The van der Waals surface area contributed by atoms with E-state index in [2.05, 4.69) is 0 Å². The van der Waals surface area contributed by atoms with Crippen molar-refractivity contribution >= 4 is 11.6 Å². The standard InChI is InChI=1S/C18H16N2O3/c1-12-3-2-4-13(9-12)10-17-18(22)20(8-7-19)15-11-14(21)5-6-16(15)23-17/h2-6,9,11,17,21H,8,10H2,1H3. The number of carbonyl (C=O) groups is 1. The molecule has 0 fully saturated rings. The molecular formula is C18H16N2O3. The molecule has 0 saturated carbocycles. The molecule has 1 N–H and O–H groups in total. The number of rotatable bonds is 3. The van der Waals surface area contributed by atoms with Crippen LogP contribution in [0.15, 0.2) is 42.5 Å². The van der Waals surface area contributed by atoms with Gasteiger partial charge in [-0.15, -0.1) is 0 Å². The van der Waals surface area contributed by atoms with Crippen LogP contribution in [0, 0.1) is 18.3 Å². The fraction of sp³-hybridized carbons (Fsp3) is 0.222. The van der Waals surface area contributed by atoms with Gasteiger partial charge in [0, 0.05) is 12.5 Å². The fourth-order valence-corrected chi connectivity index (χ4v) is 2.73. The molecule has 116 valence electrons. The Kier molecular flexibility index (Phi) is 3.90. The Bertz CT molecular complexity index is 795. The first-order chi connectivity index (χ1) is 11.1. The zero-order valence-electron chi connectivity index (χ0n) is 12.7. The summed E-state index contributed by atoms with van der Waals surface area (Å²) in [5, 5.41) is 18.6. The van der Waals surface area contributed by atoms with Crippen molar-refractivity contribution in [2.45, 2.75) is 19.4 Å². The van der Waals surface area contributed by atoms with Gasteiger partial charge in [0.25, 0.3) is 5.91 Å². The Morgan fingerprint density at radius 2 is 2.13 bits per heavy atom. The van der Waals surface area contributed by atoms with Gasteiger partial charge in [0.05, 0.1) is 11.8 Å². The van der Waals surface area contributed by atoms with E-state index in [1.54, 1.807) is 6.07 Å². The largest absolute Gasteiger partial charge is 0.508 e. The van der Waals surface area contributed by atoms with Crippen LogP contribution in [0.3, 0.4) is 0 Å². The molecule has 1 amide bonds. The lowest BCUT2D eigenvalue weighted by Crippen LogP contribution is -2.47. The van der Waals surface area contributed by atoms with Gasteiger partial charge in [-0.3, -0.25) is 9.69 Å². The molecule has 1 unspecified atom stereocenters. The van der Waals surface area contributed by atoms with Gasteiger partial charge in [0.2, 0.25) is 0 Å². The molecule has 1 heterocycles. The van der Waals surface area contributed by atoms with Gasteiger partial charge in [-0.2, -0.15) is 5.26 Å². The third-order valence-corrected chi connectivity index (χ3v) is 3.78. The lowest BCUT2D eigenvalue weighted by Gasteiger charge is -2.33. The molecule has 2 aromatic carbocycles. The summed E-state index contributed by atoms with van der Waals surface area (Å²) in [4.78, 5) is 14.0. The van der Waals surface area contributed by atoms with E-state index < -0.39 is 6.10 Å². The smallest absolute Gasteiger partial charge is 0.269 e. The van der Waals surface area contributed by atoms with Crippen LogP contribution in [0.1, 0.15) is 11.1 Å². The lowest BCUT2D eigenvalue weighted by molar-refractivity contribution is -0.126. The number of ether oxygens (including phenoxy) is 1. The first kappa shape index (κ1) is 14.9. The molecule has 0 radical (unpaired) electrons. The molecule has 0 aliphatic carbocycles. The van der Waals surface area contributed by atoms with Crippen molar-refractivity contribution in [2.75, 3.05) is 11.4 Å². The molecule has 1 aliphatic rings. The highest BCUT2D eigenvalue weighted by molar-refractivity contribution is 6.00. The number of nitriles is 1. The van der Waals surface area contributed by atoms with Gasteiger partial charge in [-0.25, -0.2) is 0 Å². The van der Waals surface area contributed by atoms with E-state index in [4.69, 9.17) is 10.00 Å². The zero-order valence-corrected chi connectivity index (χ0v) is 12.7. The number of carbonyl (C=O) groups excluding carboxylic acids is 1. The van der Waals surface area contributed by atoms with E-state index in [0.717, 1.165) is 11.1 Å². The van der Waals surface area contributed by atoms with Crippen LogP contribution in [0.5, 0.6) is 11.5 Å². The Balaban J connectivity index is 1.93. The first-order valence-corrected chi connectivity index (χ1v) is 7.32. The van der Waals surface area contributed by atoms with Crippen molar-refractivity contribution in [2.24, 2.45) is 0 Å². The summed E-state index contributed by atoms with van der Waals surface area (Å²) in [6, 6.07) is 14.4. The van der Waals surface area contributed by atoms with E-state index >= 15 is 0 Å². The average molecular weight is 308 g/mol. The topological polar surface area (TPSA) is 73.6 Å². The third-order valence-electron chi connectivity index (χ3n) is 3.78. The summed E-state index contributed by atoms with van der Waals surface area (Å²) in [6.45, 7) is 1.91. The minimum absolute atomic E-state index is 0.0280. The summed E-state index contributed by atoms with van der Waals surface area (Å²) in [5.41, 5.74) is 2.55. The SMILES string of the molecule is Cc1cccc(CC2Oc3ccc(O)cc3N(CC#N)C2=O)c1. The minimum Gasteiger partial charge on any atom is -0.508 e. The maximum atomic E-state index is 12.6. The summed E-state index contributed by atoms with van der Waals surface area (Å²) in [6.07, 6.45) is -0.245. The monoisotopic (exact) mass is 308 g/mol. The van der Waals surface area contributed by atoms with Crippen LogP contribution < -0.4 is 9.64 Å². The highest BCUT2D eigenvalue weighted by Gasteiger charge is 2.34. The highest BCUT2D eigenvalue weighted by Crippen LogP contribution is 2.37. The average Bonchev–Trinajstić information content (AvgIpc) is 2.52. The van der Waals surface area contributed by atoms with Crippen molar-refractivity contribution in [1.82, 2.24) is 0 Å². The number of fused-ring (bicyclic) bond motifs is 1. The van der Waals surface area contributed by atoms with Crippen LogP contribution in [-0.4, -0.2) is 23.7 Å². The summed E-state index contributed by atoms with van der Waals surface area (Å²) >= 11 is 0. The first-order valence-electron chi connectivity index (χ1n) is 7.32. The Morgan fingerprint density at radius 1 is 1.30 bits per heavy atom. The second-order valence-corrected chi connectivity index (χ2v) is 5.53. The zero-order chi connectivity index (χ0) is 16.4. The van der Waals surface area contributed by atoms with Crippen molar-refractivity contribution in [1.29, 1.82) is 5.26 Å². The van der Waals surface area contributed by atoms with Gasteiger partial charge in [0.15, 0.2) is 6.10 Å². The van der Waals surface area contributed by atoms with Gasteiger partial charge in [-0.1, -0.05) is 29.8 Å². The van der Waals surface area contributed by atoms with Crippen LogP contribution >= 0.6 is 0 Å². The molecule has 2 aromatic rings. The molecule has 0 aromatic heterocycles. The third kappa shape index (κ3) is 2.97. The molecule has 0 spiro atoms. The summed E-state index contributed by atoms with van der Waals surface area (Å²) in [5.74, 6) is 0.252. The number of nitrogens with zero attached hydrogens (tertiary/aromatic N) is 2. The van der Waals surface area contributed by atoms with E-state index in [1.807, 2.05) is 37.3 Å². The summed E-state index contributed by atoms with van der Waals surface area (Å²) in [7, 11) is 0. The predicted octanol–water partition coefficient (Wildman–Crippen LogP) is 2.56. The van der Waals surface area contributed by atoms with E-state index in [9.17, 15) is 9.90 Å². The number of aromatic hydroxyl groups is 1. The van der Waals surface area contributed by atoms with Crippen molar-refractivity contribution in [3.8, 4) is 17.6 Å². The Hall–Kier alpha value is -3.00. The number of aryl methyl sites for hydroxylation is 1. The van der Waals surface area contributed by atoms with E-state index in [-0.39, 0.29) is 18.2 Å². The van der Waals surface area contributed by atoms with Gasteiger partial charge in [-0.05, 0) is 24.6 Å². The number of phenols is 1. The molecule has 1 atom stereocenters. The van der Waals surface area contributed by atoms with E-state index in [1.165, 1.54) is 17.0 Å². The molecule has 5 heteroatoms. The van der Waals surface area contributed by atoms with Gasteiger partial charge < -0.3 is 9.84 Å².